The molecule has 1 heterocycles. The molecule has 1 aromatic rings. The summed E-state index contributed by atoms with van der Waals surface area (Å²) < 4.78 is 0. The number of nitrogens with one attached hydrogen (secondary N) is 2. The summed E-state index contributed by atoms with van der Waals surface area (Å²) in [6.07, 6.45) is 2.29. The Morgan fingerprint density at radius 1 is 1.50 bits per heavy atom. The van der Waals surface area contributed by atoms with Crippen LogP contribution < -0.4 is 21.3 Å². The zero-order chi connectivity index (χ0) is 15.7. The molecule has 1 atom stereocenters. The Hall–Kier alpha value is -1.79. The first-order valence-electron chi connectivity index (χ1n) is 7.45. The van der Waals surface area contributed by atoms with Gasteiger partial charge in [-0.1, -0.05) is 11.6 Å². The highest BCUT2D eigenvalue weighted by Gasteiger charge is 2.29. The van der Waals surface area contributed by atoms with E-state index in [0.29, 0.717) is 41.8 Å². The van der Waals surface area contributed by atoms with Crippen LogP contribution in [0, 0.1) is 5.92 Å². The third kappa shape index (κ3) is 3.18. The minimum Gasteiger partial charge on any atom is -0.350 e. The van der Waals surface area contributed by atoms with Crippen molar-refractivity contribution in [3.8, 4) is 0 Å². The Labute approximate surface area is 134 Å². The number of anilines is 1. The second-order valence-corrected chi connectivity index (χ2v) is 6.17. The number of carbonyl (C=O) groups is 2. The summed E-state index contributed by atoms with van der Waals surface area (Å²) in [6.45, 7) is 1.57. The van der Waals surface area contributed by atoms with Gasteiger partial charge in [-0.15, -0.1) is 0 Å². The fourth-order valence-corrected chi connectivity index (χ4v) is 2.79. The summed E-state index contributed by atoms with van der Waals surface area (Å²) in [5, 5.41) is 6.00. The Morgan fingerprint density at radius 3 is 2.91 bits per heavy atom. The van der Waals surface area contributed by atoms with Crippen LogP contribution in [-0.2, 0) is 0 Å². The van der Waals surface area contributed by atoms with Crippen LogP contribution in [0.1, 0.15) is 23.2 Å². The molecule has 3 rings (SSSR count). The molecule has 1 saturated heterocycles. The molecule has 7 heteroatoms. The second kappa shape index (κ2) is 6.14. The molecule has 0 aromatic heterocycles. The lowest BCUT2D eigenvalue weighted by atomic mass is 10.1. The van der Waals surface area contributed by atoms with E-state index >= 15 is 0 Å². The van der Waals surface area contributed by atoms with E-state index in [9.17, 15) is 9.59 Å². The van der Waals surface area contributed by atoms with Crippen molar-refractivity contribution in [3.63, 3.8) is 0 Å². The summed E-state index contributed by atoms with van der Waals surface area (Å²) in [5.41, 5.74) is 7.01. The molecule has 0 bridgehead atoms. The predicted molar refractivity (Wildman–Crippen MR) is 85.2 cm³/mol. The van der Waals surface area contributed by atoms with E-state index in [0.717, 1.165) is 12.8 Å². The smallest absolute Gasteiger partial charge is 0.322 e. The molecule has 118 valence electrons. The molecule has 2 fully saturated rings. The molecule has 22 heavy (non-hydrogen) atoms. The summed E-state index contributed by atoms with van der Waals surface area (Å²) in [7, 11) is 0. The predicted octanol–water partition coefficient (Wildman–Crippen LogP) is 1.34. The van der Waals surface area contributed by atoms with Gasteiger partial charge in [-0.2, -0.15) is 0 Å². The van der Waals surface area contributed by atoms with Crippen molar-refractivity contribution in [2.75, 3.05) is 24.5 Å². The molecule has 0 radical (unpaired) electrons. The van der Waals surface area contributed by atoms with Crippen molar-refractivity contribution in [2.45, 2.75) is 18.9 Å². The maximum absolute atomic E-state index is 12.2. The van der Waals surface area contributed by atoms with Gasteiger partial charge in [-0.05, 0) is 37.0 Å². The van der Waals surface area contributed by atoms with E-state index in [2.05, 4.69) is 10.6 Å². The van der Waals surface area contributed by atoms with Crippen molar-refractivity contribution >= 4 is 29.2 Å². The van der Waals surface area contributed by atoms with Crippen LogP contribution >= 0.6 is 11.6 Å². The Morgan fingerprint density at radius 2 is 2.27 bits per heavy atom. The van der Waals surface area contributed by atoms with E-state index in [-0.39, 0.29) is 18.0 Å². The van der Waals surface area contributed by atoms with Gasteiger partial charge in [0, 0.05) is 31.2 Å². The van der Waals surface area contributed by atoms with E-state index in [1.54, 1.807) is 18.2 Å². The number of amides is 3. The van der Waals surface area contributed by atoms with Gasteiger partial charge < -0.3 is 16.4 Å². The van der Waals surface area contributed by atoms with Crippen LogP contribution in [0.3, 0.4) is 0 Å². The van der Waals surface area contributed by atoms with Crippen LogP contribution in [0.4, 0.5) is 10.5 Å². The molecular weight excluding hydrogens is 304 g/mol. The molecule has 1 saturated carbocycles. The van der Waals surface area contributed by atoms with Gasteiger partial charge >= 0.3 is 6.03 Å². The first-order chi connectivity index (χ1) is 10.6. The quantitative estimate of drug-likeness (QED) is 0.764. The monoisotopic (exact) mass is 322 g/mol. The van der Waals surface area contributed by atoms with Crippen molar-refractivity contribution in [1.29, 1.82) is 0 Å². The first-order valence-corrected chi connectivity index (χ1v) is 7.83. The minimum atomic E-state index is -0.200. The maximum atomic E-state index is 12.2. The van der Waals surface area contributed by atoms with Gasteiger partial charge in [0.15, 0.2) is 0 Å². The lowest BCUT2D eigenvalue weighted by Gasteiger charge is -2.17. The van der Waals surface area contributed by atoms with Crippen molar-refractivity contribution < 1.29 is 9.59 Å². The molecule has 1 unspecified atom stereocenters. The van der Waals surface area contributed by atoms with Gasteiger partial charge in [-0.25, -0.2) is 4.79 Å². The van der Waals surface area contributed by atoms with E-state index < -0.39 is 0 Å². The second-order valence-electron chi connectivity index (χ2n) is 5.76. The van der Waals surface area contributed by atoms with E-state index in [1.807, 2.05) is 0 Å². The number of hydrogen-bond acceptors (Lipinski definition) is 3. The molecule has 1 aliphatic heterocycles. The Kier molecular flexibility index (Phi) is 4.22. The van der Waals surface area contributed by atoms with E-state index in [4.69, 9.17) is 17.3 Å². The van der Waals surface area contributed by atoms with Crippen LogP contribution in [0.25, 0.3) is 0 Å². The highest BCUT2D eigenvalue weighted by Crippen LogP contribution is 2.31. The third-order valence-corrected chi connectivity index (χ3v) is 4.40. The molecular formula is C15H19ClN4O2. The number of halogens is 1. The summed E-state index contributed by atoms with van der Waals surface area (Å²) in [6, 6.07) is 4.75. The average Bonchev–Trinajstić information content (AvgIpc) is 3.27. The maximum Gasteiger partial charge on any atom is 0.322 e. The molecule has 4 N–H and O–H groups in total. The Bertz CT molecular complexity index is 603. The number of hydrogen-bond donors (Lipinski definition) is 3. The summed E-state index contributed by atoms with van der Waals surface area (Å²) >= 11 is 6.15. The van der Waals surface area contributed by atoms with Crippen molar-refractivity contribution in [2.24, 2.45) is 11.7 Å². The van der Waals surface area contributed by atoms with Gasteiger partial charge in [-0.3, -0.25) is 9.69 Å². The molecule has 6 nitrogen and oxygen atoms in total. The third-order valence-electron chi connectivity index (χ3n) is 4.08. The number of nitrogens with two attached hydrogens (primary N) is 1. The zero-order valence-electron chi connectivity index (χ0n) is 12.1. The normalized spacial score (nSPS) is 19.0. The number of benzene rings is 1. The fraction of sp³-hybridized carbons (Fsp3) is 0.467. The SMILES string of the molecule is NC(CNC(=O)c1ccc(Cl)c(N2CCNC2=O)c1)C1CC1. The number of carbonyl (C=O) groups excluding carboxylic acids is 2. The summed E-state index contributed by atoms with van der Waals surface area (Å²) in [5.74, 6) is 0.336. The van der Waals surface area contributed by atoms with Crippen LogP contribution in [0.5, 0.6) is 0 Å². The van der Waals surface area contributed by atoms with Crippen molar-refractivity contribution in [3.05, 3.63) is 28.8 Å². The zero-order valence-corrected chi connectivity index (χ0v) is 12.9. The minimum absolute atomic E-state index is 0.0140. The van der Waals surface area contributed by atoms with E-state index in [1.165, 1.54) is 4.90 Å². The molecule has 1 aromatic carbocycles. The number of rotatable bonds is 5. The lowest BCUT2D eigenvalue weighted by molar-refractivity contribution is 0.0950. The summed E-state index contributed by atoms with van der Waals surface area (Å²) in [4.78, 5) is 25.5. The van der Waals surface area contributed by atoms with Gasteiger partial charge in [0.05, 0.1) is 10.7 Å². The van der Waals surface area contributed by atoms with Gasteiger partial charge in [0.2, 0.25) is 0 Å². The highest BCUT2D eigenvalue weighted by atomic mass is 35.5. The van der Waals surface area contributed by atoms with Gasteiger partial charge in [0.25, 0.3) is 5.91 Å². The Balaban J connectivity index is 1.70. The van der Waals surface area contributed by atoms with Gasteiger partial charge in [0.1, 0.15) is 0 Å². The fourth-order valence-electron chi connectivity index (χ4n) is 2.57. The lowest BCUT2D eigenvalue weighted by Crippen LogP contribution is -2.38. The average molecular weight is 323 g/mol. The van der Waals surface area contributed by atoms with Crippen LogP contribution in [0.15, 0.2) is 18.2 Å². The molecule has 0 spiro atoms. The van der Waals surface area contributed by atoms with Crippen LogP contribution in [-0.4, -0.2) is 37.6 Å². The van der Waals surface area contributed by atoms with Crippen molar-refractivity contribution in [1.82, 2.24) is 10.6 Å². The van der Waals surface area contributed by atoms with Crippen LogP contribution in [0.2, 0.25) is 5.02 Å². The largest absolute Gasteiger partial charge is 0.350 e. The number of urea groups is 1. The highest BCUT2D eigenvalue weighted by molar-refractivity contribution is 6.34. The topological polar surface area (TPSA) is 87.5 Å². The molecule has 1 aliphatic carbocycles. The number of nitrogens with zero attached hydrogens (tertiary/aromatic N) is 1. The first kappa shape index (κ1) is 15.1. The molecule has 2 aliphatic rings. The molecule has 3 amide bonds. The standard InChI is InChI=1S/C15H19ClN4O2/c16-11-4-3-10(7-13(11)20-6-5-18-15(20)22)14(21)19-8-12(17)9-1-2-9/h3-4,7,9,12H,1-2,5-6,8,17H2,(H,18,22)(H,19,21).